The van der Waals surface area contributed by atoms with Gasteiger partial charge in [-0.3, -0.25) is 19.6 Å². The van der Waals surface area contributed by atoms with Gasteiger partial charge in [0, 0.05) is 13.6 Å². The van der Waals surface area contributed by atoms with Gasteiger partial charge in [0.05, 0.1) is 10.5 Å². The van der Waals surface area contributed by atoms with E-state index in [1.807, 2.05) is 0 Å². The first-order valence-corrected chi connectivity index (χ1v) is 7.40. The highest BCUT2D eigenvalue weighted by molar-refractivity contribution is 5.87. The maximum atomic E-state index is 12.7. The zero-order valence-electron chi connectivity index (χ0n) is 14.0. The highest BCUT2D eigenvalue weighted by Gasteiger charge is 2.34. The van der Waals surface area contributed by atoms with Crippen molar-refractivity contribution in [3.63, 3.8) is 0 Å². The monoisotopic (exact) mass is 346 g/mol. The average molecular weight is 346 g/mol. The number of hydrogen-bond donors (Lipinski definition) is 1. The molecule has 0 spiro atoms. The van der Waals surface area contributed by atoms with Crippen LogP contribution in [-0.4, -0.2) is 43.6 Å². The van der Waals surface area contributed by atoms with Crippen LogP contribution in [0.5, 0.6) is 0 Å². The lowest BCUT2D eigenvalue weighted by atomic mass is 10.0. The minimum atomic E-state index is -1.11. The standard InChI is InChI=1S/C16H18N4O5/c1-16(2,19-10-13(8-17-19)20(24)25)15(23)18(3)9-11-4-6-12(7-5-11)14(21)22/h4-8,10H,9H2,1-3H3,(H,21,22). The van der Waals surface area contributed by atoms with Gasteiger partial charge >= 0.3 is 11.7 Å². The quantitative estimate of drug-likeness (QED) is 0.630. The molecule has 0 radical (unpaired) electrons. The van der Waals surface area contributed by atoms with Crippen LogP contribution in [0.15, 0.2) is 36.7 Å². The van der Waals surface area contributed by atoms with Crippen molar-refractivity contribution in [2.45, 2.75) is 25.9 Å². The van der Waals surface area contributed by atoms with E-state index in [0.29, 0.717) is 0 Å². The molecule has 0 aliphatic rings. The molecule has 1 aromatic carbocycles. The van der Waals surface area contributed by atoms with Gasteiger partial charge in [-0.05, 0) is 31.5 Å². The second-order valence-electron chi connectivity index (χ2n) is 6.12. The molecule has 2 rings (SSSR count). The molecule has 0 bridgehead atoms. The third kappa shape index (κ3) is 3.82. The summed E-state index contributed by atoms with van der Waals surface area (Å²) >= 11 is 0. The first-order chi connectivity index (χ1) is 11.6. The van der Waals surface area contributed by atoms with Gasteiger partial charge in [0.25, 0.3) is 0 Å². The molecule has 1 N–H and O–H groups in total. The molecule has 0 fully saturated rings. The fourth-order valence-electron chi connectivity index (χ4n) is 2.38. The minimum absolute atomic E-state index is 0.168. The lowest BCUT2D eigenvalue weighted by Gasteiger charge is -2.29. The van der Waals surface area contributed by atoms with Crippen LogP contribution >= 0.6 is 0 Å². The van der Waals surface area contributed by atoms with Gasteiger partial charge < -0.3 is 10.0 Å². The van der Waals surface area contributed by atoms with Gasteiger partial charge in [-0.2, -0.15) is 5.10 Å². The van der Waals surface area contributed by atoms with Crippen molar-refractivity contribution in [1.29, 1.82) is 0 Å². The first kappa shape index (κ1) is 18.1. The number of hydrogen-bond acceptors (Lipinski definition) is 5. The van der Waals surface area contributed by atoms with Crippen molar-refractivity contribution in [3.05, 3.63) is 57.9 Å². The summed E-state index contributed by atoms with van der Waals surface area (Å²) < 4.78 is 1.26. The molecular weight excluding hydrogens is 328 g/mol. The van der Waals surface area contributed by atoms with E-state index in [4.69, 9.17) is 5.11 Å². The lowest BCUT2D eigenvalue weighted by Crippen LogP contribution is -2.45. The normalized spacial score (nSPS) is 11.2. The zero-order valence-corrected chi connectivity index (χ0v) is 14.0. The van der Waals surface area contributed by atoms with E-state index in [-0.39, 0.29) is 23.7 Å². The SMILES string of the molecule is CN(Cc1ccc(C(=O)O)cc1)C(=O)C(C)(C)n1cc([N+](=O)[O-])cn1. The Morgan fingerprint density at radius 1 is 1.32 bits per heavy atom. The Hall–Kier alpha value is -3.23. The minimum Gasteiger partial charge on any atom is -0.478 e. The molecule has 0 atom stereocenters. The van der Waals surface area contributed by atoms with Crippen molar-refractivity contribution < 1.29 is 19.6 Å². The fourth-order valence-corrected chi connectivity index (χ4v) is 2.38. The highest BCUT2D eigenvalue weighted by Crippen LogP contribution is 2.21. The summed E-state index contributed by atoms with van der Waals surface area (Å²) in [5.74, 6) is -1.30. The summed E-state index contributed by atoms with van der Waals surface area (Å²) in [6.07, 6.45) is 2.31. The summed E-state index contributed by atoms with van der Waals surface area (Å²) in [7, 11) is 1.60. The van der Waals surface area contributed by atoms with Crippen molar-refractivity contribution >= 4 is 17.6 Å². The molecule has 1 heterocycles. The van der Waals surface area contributed by atoms with Crippen LogP contribution in [0.25, 0.3) is 0 Å². The van der Waals surface area contributed by atoms with E-state index < -0.39 is 16.4 Å². The Morgan fingerprint density at radius 2 is 1.92 bits per heavy atom. The number of aromatic carboxylic acids is 1. The van der Waals surface area contributed by atoms with Crippen LogP contribution in [0.2, 0.25) is 0 Å². The Labute approximate surface area is 143 Å². The Morgan fingerprint density at radius 3 is 2.40 bits per heavy atom. The summed E-state index contributed by atoms with van der Waals surface area (Å²) in [4.78, 5) is 35.3. The number of amides is 1. The van der Waals surface area contributed by atoms with Crippen LogP contribution in [-0.2, 0) is 16.9 Å². The second kappa shape index (κ2) is 6.71. The van der Waals surface area contributed by atoms with Gasteiger partial charge in [-0.15, -0.1) is 0 Å². The van der Waals surface area contributed by atoms with Crippen molar-refractivity contribution in [2.75, 3.05) is 7.05 Å². The Kier molecular flexibility index (Phi) is 4.87. The first-order valence-electron chi connectivity index (χ1n) is 7.40. The molecule has 0 saturated carbocycles. The molecule has 2 aromatic rings. The molecule has 0 saturated heterocycles. The predicted molar refractivity (Wildman–Crippen MR) is 88.1 cm³/mol. The van der Waals surface area contributed by atoms with Crippen LogP contribution in [0.4, 0.5) is 5.69 Å². The number of aromatic nitrogens is 2. The zero-order chi connectivity index (χ0) is 18.8. The maximum Gasteiger partial charge on any atom is 0.335 e. The maximum absolute atomic E-state index is 12.7. The van der Waals surface area contributed by atoms with Crippen LogP contribution in [0.1, 0.15) is 29.8 Å². The summed E-state index contributed by atoms with van der Waals surface area (Å²) in [5.41, 5.74) is -0.359. The van der Waals surface area contributed by atoms with Gasteiger partial charge in [-0.1, -0.05) is 12.1 Å². The van der Waals surface area contributed by atoms with Crippen molar-refractivity contribution in [3.8, 4) is 0 Å². The highest BCUT2D eigenvalue weighted by atomic mass is 16.6. The number of carbonyl (C=O) groups excluding carboxylic acids is 1. The van der Waals surface area contributed by atoms with Gasteiger partial charge in [-0.25, -0.2) is 4.79 Å². The van der Waals surface area contributed by atoms with Crippen molar-refractivity contribution in [1.82, 2.24) is 14.7 Å². The predicted octanol–water partition coefficient (Wildman–Crippen LogP) is 1.88. The molecular formula is C16H18N4O5. The molecule has 9 nitrogen and oxygen atoms in total. The molecule has 0 aliphatic carbocycles. The summed E-state index contributed by atoms with van der Waals surface area (Å²) in [6, 6.07) is 6.22. The third-order valence-electron chi connectivity index (χ3n) is 3.84. The summed E-state index contributed by atoms with van der Waals surface area (Å²) in [6.45, 7) is 3.51. The second-order valence-corrected chi connectivity index (χ2v) is 6.12. The van der Waals surface area contributed by atoms with Crippen LogP contribution in [0, 0.1) is 10.1 Å². The van der Waals surface area contributed by atoms with Crippen LogP contribution < -0.4 is 0 Å². The van der Waals surface area contributed by atoms with E-state index in [0.717, 1.165) is 11.8 Å². The molecule has 9 heteroatoms. The number of benzene rings is 1. The van der Waals surface area contributed by atoms with Gasteiger partial charge in [0.2, 0.25) is 5.91 Å². The largest absolute Gasteiger partial charge is 0.478 e. The van der Waals surface area contributed by atoms with E-state index >= 15 is 0 Å². The Balaban J connectivity index is 2.14. The van der Waals surface area contributed by atoms with Gasteiger partial charge in [0.15, 0.2) is 0 Å². The average Bonchev–Trinajstić information content (AvgIpc) is 3.05. The van der Waals surface area contributed by atoms with Gasteiger partial charge in [0.1, 0.15) is 17.9 Å². The molecule has 25 heavy (non-hydrogen) atoms. The lowest BCUT2D eigenvalue weighted by molar-refractivity contribution is -0.385. The number of likely N-dealkylation sites (N-methyl/N-ethyl adjacent to an activating group) is 1. The Bertz CT molecular complexity index is 810. The molecule has 1 amide bonds. The van der Waals surface area contributed by atoms with E-state index in [1.54, 1.807) is 33.0 Å². The molecule has 0 aliphatic heterocycles. The number of carboxylic acids is 1. The topological polar surface area (TPSA) is 119 Å². The van der Waals surface area contributed by atoms with Crippen LogP contribution in [0.3, 0.4) is 0 Å². The molecule has 1 aromatic heterocycles. The molecule has 0 unspecified atom stereocenters. The summed E-state index contributed by atoms with van der Waals surface area (Å²) in [5, 5.41) is 23.6. The van der Waals surface area contributed by atoms with E-state index in [2.05, 4.69) is 5.10 Å². The fraction of sp³-hybridized carbons (Fsp3) is 0.312. The number of rotatable bonds is 6. The number of carboxylic acid groups (broad SMARTS) is 1. The van der Waals surface area contributed by atoms with Crippen molar-refractivity contribution in [2.24, 2.45) is 0 Å². The number of carbonyl (C=O) groups is 2. The van der Waals surface area contributed by atoms with E-state index in [1.165, 1.54) is 27.9 Å². The number of nitro groups is 1. The molecule has 132 valence electrons. The third-order valence-corrected chi connectivity index (χ3v) is 3.84. The van der Waals surface area contributed by atoms with E-state index in [9.17, 15) is 19.7 Å². The smallest absolute Gasteiger partial charge is 0.335 e. The number of nitrogens with zero attached hydrogens (tertiary/aromatic N) is 4.